The summed E-state index contributed by atoms with van der Waals surface area (Å²) in [6.45, 7) is 3.97. The molecule has 19 heavy (non-hydrogen) atoms. The first-order chi connectivity index (χ1) is 9.13. The quantitative estimate of drug-likeness (QED) is 0.792. The highest BCUT2D eigenvalue weighted by atomic mass is 16.1. The first-order valence-electron chi connectivity index (χ1n) is 6.90. The number of piperidine rings is 2. The van der Waals surface area contributed by atoms with Gasteiger partial charge >= 0.3 is 0 Å². The van der Waals surface area contributed by atoms with Crippen LogP contribution in [0.2, 0.25) is 0 Å². The zero-order chi connectivity index (χ0) is 13.4. The molecule has 2 aliphatic rings. The van der Waals surface area contributed by atoms with Crippen molar-refractivity contribution in [3.63, 3.8) is 0 Å². The number of anilines is 2. The highest BCUT2D eigenvalue weighted by Crippen LogP contribution is 2.29. The highest BCUT2D eigenvalue weighted by molar-refractivity contribution is 5.77. The number of fused-ring (bicyclic) bond motifs is 1. The molecule has 3 heterocycles. The van der Waals surface area contributed by atoms with Crippen LogP contribution in [0.3, 0.4) is 0 Å². The molecule has 0 spiro atoms. The Balaban J connectivity index is 1.76. The lowest BCUT2D eigenvalue weighted by Gasteiger charge is -2.42. The smallest absolute Gasteiger partial charge is 0.220 e. The Morgan fingerprint density at radius 1 is 1.47 bits per heavy atom. The molecule has 0 aliphatic carbocycles. The standard InChI is InChI=1S/C14H20N4O/c1-9-6-11(15)7-16-14(9)18-5-4-12-10(8-18)2-3-13(19)17-12/h6-7,10,12H,2-5,8,15H2,1H3,(H,17,19). The molecule has 5 nitrogen and oxygen atoms in total. The average Bonchev–Trinajstić information content (AvgIpc) is 2.38. The predicted molar refractivity (Wildman–Crippen MR) is 74.9 cm³/mol. The summed E-state index contributed by atoms with van der Waals surface area (Å²) in [5, 5.41) is 3.11. The van der Waals surface area contributed by atoms with Gasteiger partial charge in [0.25, 0.3) is 0 Å². The van der Waals surface area contributed by atoms with Crippen LogP contribution in [0.5, 0.6) is 0 Å². The molecule has 2 unspecified atom stereocenters. The molecule has 2 fully saturated rings. The number of aromatic nitrogens is 1. The Morgan fingerprint density at radius 2 is 2.32 bits per heavy atom. The molecule has 3 N–H and O–H groups in total. The van der Waals surface area contributed by atoms with E-state index in [1.54, 1.807) is 6.20 Å². The van der Waals surface area contributed by atoms with Crippen molar-refractivity contribution in [1.82, 2.24) is 10.3 Å². The highest BCUT2D eigenvalue weighted by Gasteiger charge is 2.34. The van der Waals surface area contributed by atoms with Crippen molar-refractivity contribution >= 4 is 17.4 Å². The van der Waals surface area contributed by atoms with Crippen LogP contribution in [0.15, 0.2) is 12.3 Å². The van der Waals surface area contributed by atoms with Crippen LogP contribution in [0.25, 0.3) is 0 Å². The van der Waals surface area contributed by atoms with Gasteiger partial charge in [0.2, 0.25) is 5.91 Å². The molecular formula is C14H20N4O. The van der Waals surface area contributed by atoms with Crippen LogP contribution in [0.1, 0.15) is 24.8 Å². The molecule has 5 heteroatoms. The Kier molecular flexibility index (Phi) is 3.05. The second kappa shape index (κ2) is 4.72. The maximum absolute atomic E-state index is 11.4. The molecule has 1 aromatic heterocycles. The third-order valence-corrected chi connectivity index (χ3v) is 4.19. The van der Waals surface area contributed by atoms with Gasteiger partial charge in [-0.15, -0.1) is 0 Å². The van der Waals surface area contributed by atoms with E-state index >= 15 is 0 Å². The van der Waals surface area contributed by atoms with Crippen molar-refractivity contribution in [3.05, 3.63) is 17.8 Å². The van der Waals surface area contributed by atoms with E-state index in [1.807, 2.05) is 13.0 Å². The lowest BCUT2D eigenvalue weighted by atomic mass is 9.85. The maximum atomic E-state index is 11.4. The molecule has 1 amide bonds. The van der Waals surface area contributed by atoms with Crippen molar-refractivity contribution in [3.8, 4) is 0 Å². The van der Waals surface area contributed by atoms with E-state index in [4.69, 9.17) is 5.73 Å². The van der Waals surface area contributed by atoms with E-state index in [-0.39, 0.29) is 5.91 Å². The summed E-state index contributed by atoms with van der Waals surface area (Å²) in [4.78, 5) is 18.2. The van der Waals surface area contributed by atoms with Crippen LogP contribution < -0.4 is 16.0 Å². The first-order valence-corrected chi connectivity index (χ1v) is 6.90. The van der Waals surface area contributed by atoms with Crippen molar-refractivity contribution in [2.75, 3.05) is 23.7 Å². The van der Waals surface area contributed by atoms with E-state index in [9.17, 15) is 4.79 Å². The van der Waals surface area contributed by atoms with E-state index < -0.39 is 0 Å². The zero-order valence-corrected chi connectivity index (χ0v) is 11.2. The van der Waals surface area contributed by atoms with Gasteiger partial charge in [0.15, 0.2) is 0 Å². The number of nitrogens with zero attached hydrogens (tertiary/aromatic N) is 2. The number of amides is 1. The average molecular weight is 260 g/mol. The predicted octanol–water partition coefficient (Wildman–Crippen LogP) is 1.08. The van der Waals surface area contributed by atoms with Gasteiger partial charge in [-0.05, 0) is 37.3 Å². The minimum absolute atomic E-state index is 0.205. The van der Waals surface area contributed by atoms with Gasteiger partial charge in [-0.2, -0.15) is 0 Å². The molecule has 0 bridgehead atoms. The maximum Gasteiger partial charge on any atom is 0.220 e. The summed E-state index contributed by atoms with van der Waals surface area (Å²) in [7, 11) is 0. The van der Waals surface area contributed by atoms with Crippen LogP contribution in [0, 0.1) is 12.8 Å². The van der Waals surface area contributed by atoms with Gasteiger partial charge in [-0.25, -0.2) is 4.98 Å². The van der Waals surface area contributed by atoms with Gasteiger partial charge in [0.05, 0.1) is 11.9 Å². The van der Waals surface area contributed by atoms with Crippen molar-refractivity contribution in [2.45, 2.75) is 32.2 Å². The third-order valence-electron chi connectivity index (χ3n) is 4.19. The number of nitrogens with two attached hydrogens (primary N) is 1. The number of hydrogen-bond donors (Lipinski definition) is 2. The fraction of sp³-hybridized carbons (Fsp3) is 0.571. The second-order valence-corrected chi connectivity index (χ2v) is 5.62. The van der Waals surface area contributed by atoms with E-state index in [0.717, 1.165) is 37.3 Å². The van der Waals surface area contributed by atoms with Crippen molar-refractivity contribution in [1.29, 1.82) is 0 Å². The second-order valence-electron chi connectivity index (χ2n) is 5.62. The molecule has 2 saturated heterocycles. The van der Waals surface area contributed by atoms with E-state index in [1.165, 1.54) is 0 Å². The van der Waals surface area contributed by atoms with Crippen LogP contribution in [-0.2, 0) is 4.79 Å². The Labute approximate surface area is 113 Å². The summed E-state index contributed by atoms with van der Waals surface area (Å²) >= 11 is 0. The molecule has 0 radical (unpaired) electrons. The summed E-state index contributed by atoms with van der Waals surface area (Å²) in [6, 6.07) is 2.32. The number of nitrogens with one attached hydrogen (secondary N) is 1. The molecule has 2 atom stereocenters. The van der Waals surface area contributed by atoms with Crippen LogP contribution in [0.4, 0.5) is 11.5 Å². The van der Waals surface area contributed by atoms with Crippen LogP contribution >= 0.6 is 0 Å². The van der Waals surface area contributed by atoms with Gasteiger partial charge in [-0.1, -0.05) is 0 Å². The summed E-state index contributed by atoms with van der Waals surface area (Å²) in [5.41, 5.74) is 7.58. The normalized spacial score (nSPS) is 26.8. The topological polar surface area (TPSA) is 71.2 Å². The molecule has 3 rings (SSSR count). The number of pyridine rings is 1. The fourth-order valence-electron chi connectivity index (χ4n) is 3.22. The molecule has 0 aromatic carbocycles. The molecular weight excluding hydrogens is 240 g/mol. The summed E-state index contributed by atoms with van der Waals surface area (Å²) in [6.07, 6.45) is 4.36. The van der Waals surface area contributed by atoms with Gasteiger partial charge in [-0.3, -0.25) is 4.79 Å². The summed E-state index contributed by atoms with van der Waals surface area (Å²) in [5.74, 6) is 1.78. The number of carbonyl (C=O) groups is 1. The molecule has 0 saturated carbocycles. The minimum Gasteiger partial charge on any atom is -0.397 e. The third kappa shape index (κ3) is 2.37. The SMILES string of the molecule is Cc1cc(N)cnc1N1CCC2NC(=O)CCC2C1. The monoisotopic (exact) mass is 260 g/mol. The zero-order valence-electron chi connectivity index (χ0n) is 11.2. The number of nitrogen functional groups attached to an aromatic ring is 1. The lowest BCUT2D eigenvalue weighted by molar-refractivity contribution is -0.124. The Bertz CT molecular complexity index is 502. The van der Waals surface area contributed by atoms with E-state index in [2.05, 4.69) is 15.2 Å². The summed E-state index contributed by atoms with van der Waals surface area (Å²) < 4.78 is 0. The molecule has 2 aliphatic heterocycles. The number of carbonyl (C=O) groups excluding carboxylic acids is 1. The minimum atomic E-state index is 0.205. The first kappa shape index (κ1) is 12.3. The van der Waals surface area contributed by atoms with Crippen LogP contribution in [-0.4, -0.2) is 30.0 Å². The van der Waals surface area contributed by atoms with Gasteiger partial charge in [0, 0.05) is 25.6 Å². The number of aryl methyl sites for hydroxylation is 1. The van der Waals surface area contributed by atoms with Crippen molar-refractivity contribution < 1.29 is 4.79 Å². The van der Waals surface area contributed by atoms with E-state index in [0.29, 0.717) is 24.1 Å². The molecule has 102 valence electrons. The Hall–Kier alpha value is -1.78. The fourth-order valence-corrected chi connectivity index (χ4v) is 3.22. The Morgan fingerprint density at radius 3 is 3.11 bits per heavy atom. The number of rotatable bonds is 1. The lowest BCUT2D eigenvalue weighted by Crippen LogP contribution is -2.54. The number of hydrogen-bond acceptors (Lipinski definition) is 4. The van der Waals surface area contributed by atoms with Gasteiger partial charge < -0.3 is 16.0 Å². The van der Waals surface area contributed by atoms with Gasteiger partial charge in [0.1, 0.15) is 5.82 Å². The van der Waals surface area contributed by atoms with Crippen molar-refractivity contribution in [2.24, 2.45) is 5.92 Å². The molecule has 1 aromatic rings. The largest absolute Gasteiger partial charge is 0.397 e.